The van der Waals surface area contributed by atoms with E-state index in [1.165, 1.54) is 6.08 Å². The van der Waals surface area contributed by atoms with Gasteiger partial charge in [0.1, 0.15) is 0 Å². The Morgan fingerprint density at radius 3 is 2.70 bits per heavy atom. The highest BCUT2D eigenvalue weighted by Gasteiger charge is 2.12. The third-order valence-electron chi connectivity index (χ3n) is 3.44. The number of para-hydroxylation sites is 1. The van der Waals surface area contributed by atoms with Gasteiger partial charge in [0.25, 0.3) is 0 Å². The zero-order chi connectivity index (χ0) is 16.2. The van der Waals surface area contributed by atoms with Crippen LogP contribution in [0.3, 0.4) is 0 Å². The van der Waals surface area contributed by atoms with E-state index in [0.29, 0.717) is 16.9 Å². The SMILES string of the molecule is COc1cccc2cc(C(=O)/C=C/c3ccc(C#N)cc3)oc12. The highest BCUT2D eigenvalue weighted by Crippen LogP contribution is 2.28. The van der Waals surface area contributed by atoms with Gasteiger partial charge >= 0.3 is 0 Å². The van der Waals surface area contributed by atoms with Gasteiger partial charge in [-0.25, -0.2) is 0 Å². The van der Waals surface area contributed by atoms with Crippen LogP contribution in [-0.4, -0.2) is 12.9 Å². The van der Waals surface area contributed by atoms with Crippen LogP contribution < -0.4 is 4.74 Å². The van der Waals surface area contributed by atoms with Crippen molar-refractivity contribution in [2.24, 2.45) is 0 Å². The summed E-state index contributed by atoms with van der Waals surface area (Å²) in [5, 5.41) is 9.58. The van der Waals surface area contributed by atoms with E-state index in [4.69, 9.17) is 14.4 Å². The minimum absolute atomic E-state index is 0.229. The van der Waals surface area contributed by atoms with E-state index in [2.05, 4.69) is 6.07 Å². The zero-order valence-corrected chi connectivity index (χ0v) is 12.4. The van der Waals surface area contributed by atoms with Gasteiger partial charge in [0.05, 0.1) is 18.7 Å². The Morgan fingerprint density at radius 2 is 2.00 bits per heavy atom. The lowest BCUT2D eigenvalue weighted by Gasteiger charge is -1.98. The van der Waals surface area contributed by atoms with Crippen LogP contribution >= 0.6 is 0 Å². The molecule has 0 spiro atoms. The van der Waals surface area contributed by atoms with Crippen LogP contribution in [0, 0.1) is 11.3 Å². The van der Waals surface area contributed by atoms with Gasteiger partial charge in [-0.1, -0.05) is 30.3 Å². The molecule has 0 bridgehead atoms. The third-order valence-corrected chi connectivity index (χ3v) is 3.44. The fourth-order valence-corrected chi connectivity index (χ4v) is 2.24. The van der Waals surface area contributed by atoms with Crippen molar-refractivity contribution in [2.75, 3.05) is 7.11 Å². The number of furan rings is 1. The van der Waals surface area contributed by atoms with Crippen molar-refractivity contribution in [1.29, 1.82) is 5.26 Å². The number of nitriles is 1. The first kappa shape index (κ1) is 14.6. The molecule has 0 N–H and O–H groups in total. The topological polar surface area (TPSA) is 63.2 Å². The van der Waals surface area contributed by atoms with Crippen molar-refractivity contribution >= 4 is 22.8 Å². The Balaban J connectivity index is 1.85. The van der Waals surface area contributed by atoms with Gasteiger partial charge in [0.15, 0.2) is 17.1 Å². The maximum absolute atomic E-state index is 12.2. The molecular weight excluding hydrogens is 290 g/mol. The van der Waals surface area contributed by atoms with Crippen LogP contribution in [-0.2, 0) is 0 Å². The van der Waals surface area contributed by atoms with E-state index in [-0.39, 0.29) is 11.5 Å². The number of rotatable bonds is 4. The molecule has 0 aliphatic carbocycles. The molecule has 1 aromatic heterocycles. The lowest BCUT2D eigenvalue weighted by atomic mass is 10.1. The molecule has 23 heavy (non-hydrogen) atoms. The second-order valence-electron chi connectivity index (χ2n) is 4.92. The molecule has 0 radical (unpaired) electrons. The number of nitrogens with zero attached hydrogens (tertiary/aromatic N) is 1. The minimum atomic E-state index is -0.229. The summed E-state index contributed by atoms with van der Waals surface area (Å²) < 4.78 is 10.8. The zero-order valence-electron chi connectivity index (χ0n) is 12.4. The Kier molecular flexibility index (Phi) is 3.94. The molecule has 1 heterocycles. The Hall–Kier alpha value is -3.32. The summed E-state index contributed by atoms with van der Waals surface area (Å²) in [4.78, 5) is 12.2. The predicted molar refractivity (Wildman–Crippen MR) is 87.3 cm³/mol. The minimum Gasteiger partial charge on any atom is -0.493 e. The normalized spacial score (nSPS) is 10.8. The maximum atomic E-state index is 12.2. The first-order valence-corrected chi connectivity index (χ1v) is 7.00. The van der Waals surface area contributed by atoms with Crippen molar-refractivity contribution in [2.45, 2.75) is 0 Å². The molecule has 0 fully saturated rings. The number of ether oxygens (including phenoxy) is 1. The van der Waals surface area contributed by atoms with E-state index in [0.717, 1.165) is 10.9 Å². The van der Waals surface area contributed by atoms with Gasteiger partial charge in [-0.2, -0.15) is 5.26 Å². The van der Waals surface area contributed by atoms with Crippen LogP contribution in [0.5, 0.6) is 5.75 Å². The molecule has 0 aliphatic rings. The first-order valence-electron chi connectivity index (χ1n) is 7.00. The molecule has 3 aromatic rings. The number of ketones is 1. The lowest BCUT2D eigenvalue weighted by molar-refractivity contribution is 0.102. The Morgan fingerprint density at radius 1 is 1.22 bits per heavy atom. The van der Waals surface area contributed by atoms with Crippen molar-refractivity contribution in [3.05, 3.63) is 71.5 Å². The third kappa shape index (κ3) is 2.99. The van der Waals surface area contributed by atoms with Crippen LogP contribution in [0.4, 0.5) is 0 Å². The molecule has 0 atom stereocenters. The molecule has 0 amide bonds. The van der Waals surface area contributed by atoms with Gasteiger partial charge < -0.3 is 9.15 Å². The molecule has 3 rings (SSSR count). The highest BCUT2D eigenvalue weighted by molar-refractivity contribution is 6.07. The van der Waals surface area contributed by atoms with E-state index < -0.39 is 0 Å². The number of fused-ring (bicyclic) bond motifs is 1. The molecule has 0 saturated carbocycles. The van der Waals surface area contributed by atoms with E-state index in [1.54, 1.807) is 49.6 Å². The van der Waals surface area contributed by atoms with E-state index in [1.807, 2.05) is 12.1 Å². The van der Waals surface area contributed by atoms with Crippen LogP contribution in [0.25, 0.3) is 17.0 Å². The average molecular weight is 303 g/mol. The predicted octanol–water partition coefficient (Wildman–Crippen LogP) is 4.21. The summed E-state index contributed by atoms with van der Waals surface area (Å²) in [5.41, 5.74) is 1.98. The van der Waals surface area contributed by atoms with Crippen LogP contribution in [0.2, 0.25) is 0 Å². The number of benzene rings is 2. The molecular formula is C19H13NO3. The molecule has 2 aromatic carbocycles. The van der Waals surface area contributed by atoms with Gasteiger partial charge in [-0.3, -0.25) is 4.79 Å². The Bertz CT molecular complexity index is 927. The van der Waals surface area contributed by atoms with Crippen molar-refractivity contribution < 1.29 is 13.9 Å². The van der Waals surface area contributed by atoms with Crippen LogP contribution in [0.15, 0.2) is 59.0 Å². The summed E-state index contributed by atoms with van der Waals surface area (Å²) in [6, 6.07) is 16.2. The summed E-state index contributed by atoms with van der Waals surface area (Å²) in [6.07, 6.45) is 3.14. The monoisotopic (exact) mass is 303 g/mol. The summed E-state index contributed by atoms with van der Waals surface area (Å²) in [7, 11) is 1.56. The largest absolute Gasteiger partial charge is 0.493 e. The highest BCUT2D eigenvalue weighted by atomic mass is 16.5. The summed E-state index contributed by atoms with van der Waals surface area (Å²) in [5.74, 6) is 0.625. The quantitative estimate of drug-likeness (QED) is 0.535. The van der Waals surface area contributed by atoms with Crippen molar-refractivity contribution in [1.82, 2.24) is 0 Å². The fourth-order valence-electron chi connectivity index (χ4n) is 2.24. The van der Waals surface area contributed by atoms with Gasteiger partial charge in [0.2, 0.25) is 5.78 Å². The molecule has 112 valence electrons. The Labute approximate surface area is 133 Å². The van der Waals surface area contributed by atoms with Gasteiger partial charge in [-0.05, 0) is 35.9 Å². The number of hydrogen-bond donors (Lipinski definition) is 0. The van der Waals surface area contributed by atoms with E-state index >= 15 is 0 Å². The second kappa shape index (κ2) is 6.20. The first-order chi connectivity index (χ1) is 11.2. The molecule has 0 aliphatic heterocycles. The number of carbonyl (C=O) groups is 1. The van der Waals surface area contributed by atoms with E-state index in [9.17, 15) is 4.79 Å². The van der Waals surface area contributed by atoms with Gasteiger partial charge in [-0.15, -0.1) is 0 Å². The van der Waals surface area contributed by atoms with Gasteiger partial charge in [0, 0.05) is 5.39 Å². The maximum Gasteiger partial charge on any atom is 0.221 e. The number of allylic oxidation sites excluding steroid dienone is 1. The van der Waals surface area contributed by atoms with Crippen molar-refractivity contribution in [3.63, 3.8) is 0 Å². The molecule has 0 saturated heterocycles. The second-order valence-corrected chi connectivity index (χ2v) is 4.92. The smallest absolute Gasteiger partial charge is 0.221 e. The molecule has 0 unspecified atom stereocenters. The lowest BCUT2D eigenvalue weighted by Crippen LogP contribution is -1.90. The summed E-state index contributed by atoms with van der Waals surface area (Å²) >= 11 is 0. The number of carbonyl (C=O) groups excluding carboxylic acids is 1. The molecule has 4 heteroatoms. The molecule has 4 nitrogen and oxygen atoms in total. The standard InChI is InChI=1S/C19H13NO3/c1-22-17-4-2-3-15-11-18(23-19(15)17)16(21)10-9-13-5-7-14(12-20)8-6-13/h2-11H,1H3/b10-9+. The average Bonchev–Trinajstić information content (AvgIpc) is 3.04. The number of methoxy groups -OCH3 is 1. The van der Waals surface area contributed by atoms with Crippen LogP contribution in [0.1, 0.15) is 21.7 Å². The fraction of sp³-hybridized carbons (Fsp3) is 0.0526. The van der Waals surface area contributed by atoms with Crippen molar-refractivity contribution in [3.8, 4) is 11.8 Å². The summed E-state index contributed by atoms with van der Waals surface area (Å²) in [6.45, 7) is 0. The number of hydrogen-bond acceptors (Lipinski definition) is 4.